The molecular formula is C10H23NO3S. The summed E-state index contributed by atoms with van der Waals surface area (Å²) in [7, 11) is -3.15. The fourth-order valence-corrected chi connectivity index (χ4v) is 2.34. The Kier molecular flexibility index (Phi) is 8.00. The zero-order chi connectivity index (χ0) is 11.7. The summed E-state index contributed by atoms with van der Waals surface area (Å²) in [5, 5.41) is 8.51. The third kappa shape index (κ3) is 10.2. The van der Waals surface area contributed by atoms with E-state index in [0.29, 0.717) is 18.9 Å². The van der Waals surface area contributed by atoms with Crippen LogP contribution in [0, 0.1) is 5.92 Å². The molecule has 0 aliphatic carbocycles. The molecule has 0 amide bonds. The first-order chi connectivity index (χ1) is 6.98. The second kappa shape index (κ2) is 8.07. The molecule has 0 heterocycles. The lowest BCUT2D eigenvalue weighted by atomic mass is 10.1. The average molecular weight is 237 g/mol. The van der Waals surface area contributed by atoms with Crippen LogP contribution in [0.25, 0.3) is 0 Å². The Morgan fingerprint density at radius 2 is 1.87 bits per heavy atom. The number of hydrogen-bond donors (Lipinski definition) is 2. The fraction of sp³-hybridized carbons (Fsp3) is 1.00. The second-order valence-electron chi connectivity index (χ2n) is 4.18. The molecule has 0 spiro atoms. The third-order valence-corrected chi connectivity index (χ3v) is 3.57. The molecule has 0 aliphatic rings. The van der Waals surface area contributed by atoms with Gasteiger partial charge in [0.15, 0.2) is 0 Å². The van der Waals surface area contributed by atoms with Gasteiger partial charge in [-0.05, 0) is 18.8 Å². The summed E-state index contributed by atoms with van der Waals surface area (Å²) < 4.78 is 25.1. The lowest BCUT2D eigenvalue weighted by Gasteiger charge is -2.06. The van der Waals surface area contributed by atoms with Crippen molar-refractivity contribution in [1.82, 2.24) is 4.72 Å². The lowest BCUT2D eigenvalue weighted by Crippen LogP contribution is -2.27. The van der Waals surface area contributed by atoms with E-state index < -0.39 is 10.0 Å². The fourth-order valence-electron chi connectivity index (χ4n) is 1.23. The van der Waals surface area contributed by atoms with Crippen LogP contribution >= 0.6 is 0 Å². The van der Waals surface area contributed by atoms with Crippen molar-refractivity contribution in [2.45, 2.75) is 39.5 Å². The summed E-state index contributed by atoms with van der Waals surface area (Å²) in [6, 6.07) is 0. The van der Waals surface area contributed by atoms with Crippen molar-refractivity contribution < 1.29 is 13.5 Å². The Hall–Kier alpha value is -0.130. The number of nitrogens with one attached hydrogen (secondary N) is 1. The van der Waals surface area contributed by atoms with Gasteiger partial charge in [0.1, 0.15) is 0 Å². The van der Waals surface area contributed by atoms with Gasteiger partial charge in [-0.25, -0.2) is 13.1 Å². The van der Waals surface area contributed by atoms with Gasteiger partial charge in [0.25, 0.3) is 0 Å². The van der Waals surface area contributed by atoms with Gasteiger partial charge in [0, 0.05) is 13.2 Å². The predicted molar refractivity (Wildman–Crippen MR) is 62.2 cm³/mol. The van der Waals surface area contributed by atoms with Crippen molar-refractivity contribution >= 4 is 10.0 Å². The van der Waals surface area contributed by atoms with E-state index in [-0.39, 0.29) is 12.4 Å². The minimum absolute atomic E-state index is 0.0215. The van der Waals surface area contributed by atoms with Gasteiger partial charge in [-0.1, -0.05) is 26.7 Å². The largest absolute Gasteiger partial charge is 0.396 e. The maximum atomic E-state index is 11.3. The molecule has 0 atom stereocenters. The van der Waals surface area contributed by atoms with E-state index >= 15 is 0 Å². The van der Waals surface area contributed by atoms with Crippen LogP contribution in [0.4, 0.5) is 0 Å². The molecule has 0 saturated heterocycles. The highest BCUT2D eigenvalue weighted by atomic mass is 32.2. The van der Waals surface area contributed by atoms with E-state index in [1.807, 2.05) is 0 Å². The van der Waals surface area contributed by atoms with Gasteiger partial charge in [0.2, 0.25) is 10.0 Å². The number of rotatable bonds is 9. The topological polar surface area (TPSA) is 66.4 Å². The van der Waals surface area contributed by atoms with E-state index in [4.69, 9.17) is 5.11 Å². The summed E-state index contributed by atoms with van der Waals surface area (Å²) in [5.74, 6) is 0.698. The maximum absolute atomic E-state index is 11.3. The Morgan fingerprint density at radius 1 is 1.20 bits per heavy atom. The maximum Gasteiger partial charge on any atom is 0.211 e. The van der Waals surface area contributed by atoms with E-state index in [2.05, 4.69) is 18.6 Å². The Labute approximate surface area is 93.1 Å². The van der Waals surface area contributed by atoms with Crippen molar-refractivity contribution in [2.24, 2.45) is 5.92 Å². The van der Waals surface area contributed by atoms with Crippen molar-refractivity contribution in [1.29, 1.82) is 0 Å². The van der Waals surface area contributed by atoms with Gasteiger partial charge in [0.05, 0.1) is 5.75 Å². The molecule has 0 bridgehead atoms. The van der Waals surface area contributed by atoms with E-state index in [1.165, 1.54) is 0 Å². The normalized spacial score (nSPS) is 12.3. The van der Waals surface area contributed by atoms with Crippen LogP contribution in [-0.4, -0.2) is 32.4 Å². The number of unbranched alkanes of at least 4 members (excludes halogenated alkanes) is 1. The van der Waals surface area contributed by atoms with Crippen LogP contribution in [0.2, 0.25) is 0 Å². The van der Waals surface area contributed by atoms with Crippen molar-refractivity contribution in [3.8, 4) is 0 Å². The van der Waals surface area contributed by atoms with Crippen LogP contribution in [0.5, 0.6) is 0 Å². The summed E-state index contributed by atoms with van der Waals surface area (Å²) in [4.78, 5) is 0. The number of hydrogen-bond acceptors (Lipinski definition) is 3. The molecule has 0 aromatic heterocycles. The van der Waals surface area contributed by atoms with E-state index in [1.54, 1.807) is 0 Å². The number of sulfonamides is 1. The van der Waals surface area contributed by atoms with Gasteiger partial charge in [-0.3, -0.25) is 0 Å². The molecule has 0 radical (unpaired) electrons. The summed E-state index contributed by atoms with van der Waals surface area (Å²) >= 11 is 0. The molecule has 0 fully saturated rings. The first-order valence-corrected chi connectivity index (χ1v) is 7.21. The van der Waals surface area contributed by atoms with Crippen molar-refractivity contribution in [2.75, 3.05) is 18.9 Å². The van der Waals surface area contributed by atoms with Crippen LogP contribution in [0.3, 0.4) is 0 Å². The van der Waals surface area contributed by atoms with E-state index in [9.17, 15) is 8.42 Å². The average Bonchev–Trinajstić information content (AvgIpc) is 2.14. The molecular weight excluding hydrogens is 214 g/mol. The molecule has 0 saturated carbocycles. The van der Waals surface area contributed by atoms with Crippen LogP contribution in [0.15, 0.2) is 0 Å². The quantitative estimate of drug-likeness (QED) is 0.590. The molecule has 92 valence electrons. The summed E-state index contributed by atoms with van der Waals surface area (Å²) in [6.45, 7) is 4.76. The van der Waals surface area contributed by atoms with Crippen molar-refractivity contribution in [3.63, 3.8) is 0 Å². The smallest absolute Gasteiger partial charge is 0.211 e. The standard InChI is InChI=1S/C10H23NO3S/c1-10(2)6-3-4-7-11-15(13,14)9-5-8-12/h10-12H,3-9H2,1-2H3. The second-order valence-corrected chi connectivity index (χ2v) is 6.11. The molecule has 0 aromatic rings. The minimum Gasteiger partial charge on any atom is -0.396 e. The van der Waals surface area contributed by atoms with Crippen molar-refractivity contribution in [3.05, 3.63) is 0 Å². The lowest BCUT2D eigenvalue weighted by molar-refractivity contribution is 0.295. The van der Waals surface area contributed by atoms with Gasteiger partial charge in [-0.2, -0.15) is 0 Å². The highest BCUT2D eigenvalue weighted by Crippen LogP contribution is 2.05. The molecule has 2 N–H and O–H groups in total. The Bertz CT molecular complexity index is 237. The molecule has 5 heteroatoms. The molecule has 4 nitrogen and oxygen atoms in total. The van der Waals surface area contributed by atoms with E-state index in [0.717, 1.165) is 19.3 Å². The predicted octanol–water partition coefficient (Wildman–Crippen LogP) is 1.11. The highest BCUT2D eigenvalue weighted by molar-refractivity contribution is 7.89. The number of aliphatic hydroxyl groups is 1. The zero-order valence-corrected chi connectivity index (χ0v) is 10.5. The van der Waals surface area contributed by atoms with Gasteiger partial charge < -0.3 is 5.11 Å². The first kappa shape index (κ1) is 14.9. The SMILES string of the molecule is CC(C)CCCCNS(=O)(=O)CCCO. The number of aliphatic hydroxyl groups excluding tert-OH is 1. The first-order valence-electron chi connectivity index (χ1n) is 5.56. The molecule has 0 unspecified atom stereocenters. The summed E-state index contributed by atoms with van der Waals surface area (Å²) in [5.41, 5.74) is 0. The molecule has 0 aromatic carbocycles. The minimum atomic E-state index is -3.15. The zero-order valence-electron chi connectivity index (χ0n) is 9.70. The van der Waals surface area contributed by atoms with Crippen LogP contribution in [-0.2, 0) is 10.0 Å². The van der Waals surface area contributed by atoms with Crippen LogP contribution < -0.4 is 4.72 Å². The monoisotopic (exact) mass is 237 g/mol. The molecule has 15 heavy (non-hydrogen) atoms. The Balaban J connectivity index is 3.49. The summed E-state index contributed by atoms with van der Waals surface area (Å²) in [6.07, 6.45) is 3.39. The van der Waals surface area contributed by atoms with Crippen LogP contribution in [0.1, 0.15) is 39.5 Å². The molecule has 0 rings (SSSR count). The molecule has 0 aliphatic heterocycles. The highest BCUT2D eigenvalue weighted by Gasteiger charge is 2.07. The van der Waals surface area contributed by atoms with Gasteiger partial charge >= 0.3 is 0 Å². The Morgan fingerprint density at radius 3 is 2.40 bits per heavy atom. The third-order valence-electron chi connectivity index (χ3n) is 2.10. The van der Waals surface area contributed by atoms with Gasteiger partial charge in [-0.15, -0.1) is 0 Å².